The Hall–Kier alpha value is -0.320. The van der Waals surface area contributed by atoms with Crippen LogP contribution in [0.25, 0.3) is 0 Å². The molecule has 0 unspecified atom stereocenters. The van der Waals surface area contributed by atoms with Crippen LogP contribution in [0, 0.1) is 0 Å². The molecule has 0 atom stereocenters. The fourth-order valence-electron chi connectivity index (χ4n) is 1.73. The van der Waals surface area contributed by atoms with Gasteiger partial charge < -0.3 is 15.4 Å². The average molecular weight is 267 g/mol. The number of methoxy groups -OCH3 is 1. The van der Waals surface area contributed by atoms with Crippen LogP contribution in [-0.4, -0.2) is 38.3 Å². The summed E-state index contributed by atoms with van der Waals surface area (Å²) < 4.78 is 4.89. The number of hydrogen-bond donors (Lipinski definition) is 2. The lowest BCUT2D eigenvalue weighted by atomic mass is 9.90. The number of amides is 1. The first kappa shape index (κ1) is 19.0. The lowest BCUT2D eigenvalue weighted by Gasteiger charge is -2.31. The van der Waals surface area contributed by atoms with E-state index in [1.54, 1.807) is 7.11 Å². The quantitative estimate of drug-likeness (QED) is 0.625. The summed E-state index contributed by atoms with van der Waals surface area (Å²) in [5.74, 6) is 0.0710. The highest BCUT2D eigenvalue weighted by Gasteiger charge is 2.25. The van der Waals surface area contributed by atoms with Crippen molar-refractivity contribution in [1.29, 1.82) is 0 Å². The molecule has 5 heteroatoms. The van der Waals surface area contributed by atoms with Crippen LogP contribution in [0.3, 0.4) is 0 Å². The molecule has 0 aromatic heterocycles. The van der Waals surface area contributed by atoms with Gasteiger partial charge in [-0.2, -0.15) is 0 Å². The highest BCUT2D eigenvalue weighted by atomic mass is 35.5. The fourth-order valence-corrected chi connectivity index (χ4v) is 1.73. The number of hydrogen-bond acceptors (Lipinski definition) is 3. The van der Waals surface area contributed by atoms with E-state index in [1.165, 1.54) is 0 Å². The Labute approximate surface area is 111 Å². The van der Waals surface area contributed by atoms with E-state index in [4.69, 9.17) is 4.74 Å². The third-order valence-corrected chi connectivity index (χ3v) is 3.20. The molecular weight excluding hydrogens is 240 g/mol. The number of ether oxygens (including phenoxy) is 1. The van der Waals surface area contributed by atoms with E-state index in [0.717, 1.165) is 19.3 Å². The Morgan fingerprint density at radius 3 is 2.12 bits per heavy atom. The van der Waals surface area contributed by atoms with Crippen LogP contribution in [0.2, 0.25) is 0 Å². The molecule has 0 aromatic carbocycles. The molecule has 0 aliphatic rings. The largest absolute Gasteiger partial charge is 0.383 e. The maximum absolute atomic E-state index is 11.7. The number of carbonyl (C=O) groups excluding carboxylic acids is 1. The number of rotatable bonds is 9. The van der Waals surface area contributed by atoms with Gasteiger partial charge in [0.15, 0.2) is 0 Å². The number of carbonyl (C=O) groups is 1. The smallest absolute Gasteiger partial charge is 0.234 e. The van der Waals surface area contributed by atoms with Crippen molar-refractivity contribution in [1.82, 2.24) is 10.6 Å². The van der Waals surface area contributed by atoms with E-state index in [2.05, 4.69) is 31.4 Å². The van der Waals surface area contributed by atoms with E-state index in [9.17, 15) is 4.79 Å². The van der Waals surface area contributed by atoms with Gasteiger partial charge in [-0.05, 0) is 19.3 Å². The van der Waals surface area contributed by atoms with Crippen LogP contribution in [0.1, 0.15) is 40.0 Å². The van der Waals surface area contributed by atoms with Crippen LogP contribution >= 0.6 is 12.4 Å². The third-order valence-electron chi connectivity index (χ3n) is 3.20. The summed E-state index contributed by atoms with van der Waals surface area (Å²) in [4.78, 5) is 11.7. The summed E-state index contributed by atoms with van der Waals surface area (Å²) in [5, 5.41) is 6.16. The molecule has 0 aliphatic heterocycles. The van der Waals surface area contributed by atoms with E-state index in [-0.39, 0.29) is 23.9 Å². The second-order valence-corrected chi connectivity index (χ2v) is 4.06. The van der Waals surface area contributed by atoms with Gasteiger partial charge >= 0.3 is 0 Å². The molecule has 0 heterocycles. The lowest BCUT2D eigenvalue weighted by molar-refractivity contribution is -0.122. The molecule has 104 valence electrons. The fraction of sp³-hybridized carbons (Fsp3) is 0.917. The zero-order chi connectivity index (χ0) is 12.4. The Morgan fingerprint density at radius 1 is 1.18 bits per heavy atom. The second kappa shape index (κ2) is 10.8. The molecule has 17 heavy (non-hydrogen) atoms. The maximum Gasteiger partial charge on any atom is 0.234 e. The summed E-state index contributed by atoms with van der Waals surface area (Å²) in [6.45, 7) is 8.06. The minimum atomic E-state index is -0.0278. The predicted molar refractivity (Wildman–Crippen MR) is 73.7 cm³/mol. The molecule has 1 amide bonds. The van der Waals surface area contributed by atoms with Gasteiger partial charge in [-0.15, -0.1) is 12.4 Å². The number of nitrogens with one attached hydrogen (secondary N) is 2. The van der Waals surface area contributed by atoms with E-state index < -0.39 is 0 Å². The Kier molecular flexibility index (Phi) is 12.1. The average Bonchev–Trinajstić information content (AvgIpc) is 2.32. The first-order valence-electron chi connectivity index (χ1n) is 6.14. The maximum atomic E-state index is 11.7. The molecule has 0 bridgehead atoms. The van der Waals surface area contributed by atoms with E-state index in [0.29, 0.717) is 19.7 Å². The Balaban J connectivity index is 0. The van der Waals surface area contributed by atoms with Crippen molar-refractivity contribution in [2.75, 3.05) is 26.8 Å². The standard InChI is InChI=1S/C12H26N2O2.ClH/c1-5-12(6-2,7-3)14-11(15)10-13-8-9-16-4;/h13H,5-10H2,1-4H3,(H,14,15);1H. The zero-order valence-electron chi connectivity index (χ0n) is 11.5. The molecule has 0 fully saturated rings. The third kappa shape index (κ3) is 7.58. The van der Waals surface area contributed by atoms with Gasteiger partial charge in [0.05, 0.1) is 13.2 Å². The highest BCUT2D eigenvalue weighted by Crippen LogP contribution is 2.18. The van der Waals surface area contributed by atoms with Crippen LogP contribution in [-0.2, 0) is 9.53 Å². The van der Waals surface area contributed by atoms with Gasteiger partial charge in [-0.1, -0.05) is 20.8 Å². The van der Waals surface area contributed by atoms with Crippen molar-refractivity contribution < 1.29 is 9.53 Å². The second-order valence-electron chi connectivity index (χ2n) is 4.06. The number of halogens is 1. The van der Waals surface area contributed by atoms with Gasteiger partial charge in [-0.3, -0.25) is 4.79 Å². The molecule has 0 rings (SSSR count). The van der Waals surface area contributed by atoms with Crippen molar-refractivity contribution in [2.24, 2.45) is 0 Å². The SMILES string of the molecule is CCC(CC)(CC)NC(=O)CNCCOC.Cl. The zero-order valence-corrected chi connectivity index (χ0v) is 12.3. The molecule has 2 N–H and O–H groups in total. The molecule has 4 nitrogen and oxygen atoms in total. The highest BCUT2D eigenvalue weighted by molar-refractivity contribution is 5.85. The van der Waals surface area contributed by atoms with Crippen LogP contribution < -0.4 is 10.6 Å². The monoisotopic (exact) mass is 266 g/mol. The van der Waals surface area contributed by atoms with Crippen LogP contribution in [0.4, 0.5) is 0 Å². The summed E-state index contributed by atoms with van der Waals surface area (Å²) >= 11 is 0. The van der Waals surface area contributed by atoms with Gasteiger partial charge in [0.25, 0.3) is 0 Å². The minimum absolute atomic E-state index is 0. The summed E-state index contributed by atoms with van der Waals surface area (Å²) in [6.07, 6.45) is 2.93. The summed E-state index contributed by atoms with van der Waals surface area (Å²) in [5.41, 5.74) is -0.0278. The van der Waals surface area contributed by atoms with E-state index >= 15 is 0 Å². The molecule has 0 aromatic rings. The molecule has 0 saturated carbocycles. The normalized spacial score (nSPS) is 10.8. The molecule has 0 aliphatic carbocycles. The van der Waals surface area contributed by atoms with Gasteiger partial charge in [-0.25, -0.2) is 0 Å². The predicted octanol–water partition coefficient (Wildman–Crippen LogP) is 1.73. The lowest BCUT2D eigenvalue weighted by Crippen LogP contribution is -2.50. The molecule has 0 saturated heterocycles. The molecule has 0 radical (unpaired) electrons. The van der Waals surface area contributed by atoms with Gasteiger partial charge in [0, 0.05) is 19.2 Å². The summed E-state index contributed by atoms with van der Waals surface area (Å²) in [7, 11) is 1.65. The van der Waals surface area contributed by atoms with Gasteiger partial charge in [0.2, 0.25) is 5.91 Å². The van der Waals surface area contributed by atoms with E-state index in [1.807, 2.05) is 0 Å². The molecular formula is C12H27ClN2O2. The van der Waals surface area contributed by atoms with Crippen LogP contribution in [0.15, 0.2) is 0 Å². The van der Waals surface area contributed by atoms with Crippen molar-refractivity contribution in [3.63, 3.8) is 0 Å². The Bertz CT molecular complexity index is 189. The first-order valence-corrected chi connectivity index (χ1v) is 6.14. The first-order chi connectivity index (χ1) is 7.64. The van der Waals surface area contributed by atoms with Crippen molar-refractivity contribution >= 4 is 18.3 Å². The van der Waals surface area contributed by atoms with Crippen molar-refractivity contribution in [3.05, 3.63) is 0 Å². The van der Waals surface area contributed by atoms with Crippen molar-refractivity contribution in [2.45, 2.75) is 45.6 Å². The topological polar surface area (TPSA) is 50.4 Å². The van der Waals surface area contributed by atoms with Gasteiger partial charge in [0.1, 0.15) is 0 Å². The molecule has 0 spiro atoms. The minimum Gasteiger partial charge on any atom is -0.383 e. The Morgan fingerprint density at radius 2 is 1.71 bits per heavy atom. The van der Waals surface area contributed by atoms with Crippen molar-refractivity contribution in [3.8, 4) is 0 Å². The summed E-state index contributed by atoms with van der Waals surface area (Å²) in [6, 6.07) is 0. The van der Waals surface area contributed by atoms with Crippen LogP contribution in [0.5, 0.6) is 0 Å².